The van der Waals surface area contributed by atoms with Crippen LogP contribution in [0.5, 0.6) is 0 Å². The summed E-state index contributed by atoms with van der Waals surface area (Å²) in [5, 5.41) is -0.968. The molecule has 258 valence electrons. The van der Waals surface area contributed by atoms with Crippen LogP contribution in [0.1, 0.15) is 38.8 Å². The zero-order valence-electron chi connectivity index (χ0n) is 27.8. The number of hydrogen-bond acceptors (Lipinski definition) is 11. The SMILES string of the molecule is CC(=O)OC[C@@H](OC(C)=O)[C@@H](OC(C)=O)[C@H](OC(C)=O)[C@@H]1S[C@@]1(C(=O)N(C(=O)N(C)Cc1ccccc1)c1ccccc1)c1ccccc1. The Hall–Kier alpha value is -5.17. The summed E-state index contributed by atoms with van der Waals surface area (Å²) in [6.45, 7) is 4.19. The molecule has 0 unspecified atom stereocenters. The summed E-state index contributed by atoms with van der Waals surface area (Å²) in [5.74, 6) is -3.72. The van der Waals surface area contributed by atoms with Gasteiger partial charge in [-0.2, -0.15) is 0 Å². The number of amides is 3. The summed E-state index contributed by atoms with van der Waals surface area (Å²) in [7, 11) is 1.59. The Bertz CT molecular complexity index is 1660. The predicted molar refractivity (Wildman–Crippen MR) is 180 cm³/mol. The van der Waals surface area contributed by atoms with E-state index in [0.717, 1.165) is 49.9 Å². The first-order valence-corrected chi connectivity index (χ1v) is 16.3. The predicted octanol–water partition coefficient (Wildman–Crippen LogP) is 4.64. The van der Waals surface area contributed by atoms with Gasteiger partial charge < -0.3 is 23.8 Å². The maximum Gasteiger partial charge on any atom is 0.331 e. The van der Waals surface area contributed by atoms with Crippen LogP contribution in [-0.4, -0.2) is 77.9 Å². The Balaban J connectivity index is 1.84. The average molecular weight is 691 g/mol. The number of urea groups is 1. The van der Waals surface area contributed by atoms with E-state index in [1.54, 1.807) is 67.7 Å². The highest BCUT2D eigenvalue weighted by Gasteiger charge is 2.70. The number of benzene rings is 3. The highest BCUT2D eigenvalue weighted by molar-refractivity contribution is 8.09. The molecular formula is C36H38N2O10S. The topological polar surface area (TPSA) is 146 Å². The lowest BCUT2D eigenvalue weighted by atomic mass is 9.88. The number of carbonyl (C=O) groups is 6. The monoisotopic (exact) mass is 690 g/mol. The van der Waals surface area contributed by atoms with Crippen LogP contribution in [0.25, 0.3) is 0 Å². The van der Waals surface area contributed by atoms with Crippen LogP contribution in [0.15, 0.2) is 91.0 Å². The fourth-order valence-electron chi connectivity index (χ4n) is 5.48. The third-order valence-electron chi connectivity index (χ3n) is 7.54. The molecule has 0 spiro atoms. The van der Waals surface area contributed by atoms with Crippen LogP contribution < -0.4 is 4.90 Å². The Morgan fingerprint density at radius 2 is 1.24 bits per heavy atom. The van der Waals surface area contributed by atoms with E-state index in [4.69, 9.17) is 18.9 Å². The van der Waals surface area contributed by atoms with Gasteiger partial charge in [-0.1, -0.05) is 78.9 Å². The summed E-state index contributed by atoms with van der Waals surface area (Å²) in [6.07, 6.45) is -4.34. The van der Waals surface area contributed by atoms with Gasteiger partial charge in [0.05, 0.1) is 10.9 Å². The molecule has 13 heteroatoms. The first kappa shape index (κ1) is 36.7. The van der Waals surface area contributed by atoms with Crippen LogP contribution in [0.3, 0.4) is 0 Å². The van der Waals surface area contributed by atoms with Crippen LogP contribution in [0, 0.1) is 0 Å². The van der Waals surface area contributed by atoms with Gasteiger partial charge in [0, 0.05) is 41.3 Å². The van der Waals surface area contributed by atoms with E-state index in [0.29, 0.717) is 11.3 Å². The summed E-state index contributed by atoms with van der Waals surface area (Å²) < 4.78 is 20.4. The zero-order chi connectivity index (χ0) is 35.7. The molecule has 12 nitrogen and oxygen atoms in total. The quantitative estimate of drug-likeness (QED) is 0.140. The van der Waals surface area contributed by atoms with Crippen LogP contribution in [0.2, 0.25) is 0 Å². The van der Waals surface area contributed by atoms with Gasteiger partial charge >= 0.3 is 29.9 Å². The van der Waals surface area contributed by atoms with Crippen molar-refractivity contribution in [2.45, 2.75) is 62.5 Å². The smallest absolute Gasteiger partial charge is 0.331 e. The third-order valence-corrected chi connectivity index (χ3v) is 9.19. The molecule has 3 aromatic rings. The Morgan fingerprint density at radius 1 is 0.714 bits per heavy atom. The second-order valence-electron chi connectivity index (χ2n) is 11.3. The van der Waals surface area contributed by atoms with Crippen molar-refractivity contribution in [1.82, 2.24) is 4.90 Å². The van der Waals surface area contributed by atoms with Gasteiger partial charge in [0.25, 0.3) is 5.91 Å². The largest absolute Gasteiger partial charge is 0.462 e. The van der Waals surface area contributed by atoms with Crippen molar-refractivity contribution in [3.05, 3.63) is 102 Å². The number of ether oxygens (including phenoxy) is 4. The first-order chi connectivity index (χ1) is 23.3. The molecule has 0 bridgehead atoms. The maximum atomic E-state index is 15.1. The number of thioether (sulfide) groups is 1. The minimum absolute atomic E-state index is 0.204. The van der Waals surface area contributed by atoms with Crippen molar-refractivity contribution >= 4 is 53.3 Å². The van der Waals surface area contributed by atoms with E-state index < -0.39 is 70.7 Å². The standard InChI is InChI=1S/C36H38N2O10S/c1-23(39)45-22-30(46-24(2)40)31(47-25(3)41)32(48-26(4)42)33-36(49-33,28-17-11-7-12-18-28)34(43)38(29-19-13-8-14-20-29)35(44)37(5)21-27-15-9-6-10-16-27/h6-20,30-33H,21-22H2,1-5H3/t30-,31-,32+,33+,36+/m1/s1. The fraction of sp³-hybridized carbons (Fsp3) is 0.333. The van der Waals surface area contributed by atoms with Gasteiger partial charge in [0.2, 0.25) is 0 Å². The lowest BCUT2D eigenvalue weighted by Crippen LogP contribution is -2.54. The van der Waals surface area contributed by atoms with Crippen molar-refractivity contribution in [1.29, 1.82) is 0 Å². The van der Waals surface area contributed by atoms with Gasteiger partial charge in [-0.25, -0.2) is 9.69 Å². The highest BCUT2D eigenvalue weighted by atomic mass is 32.2. The number of carbonyl (C=O) groups excluding carboxylic acids is 6. The molecule has 0 saturated carbocycles. The van der Waals surface area contributed by atoms with Crippen molar-refractivity contribution in [2.75, 3.05) is 18.6 Å². The van der Waals surface area contributed by atoms with E-state index in [1.807, 2.05) is 30.3 Å². The Morgan fingerprint density at radius 3 is 1.78 bits per heavy atom. The normalized spacial score (nSPS) is 18.1. The van der Waals surface area contributed by atoms with E-state index in [9.17, 15) is 24.0 Å². The number of imide groups is 1. The second-order valence-corrected chi connectivity index (χ2v) is 12.7. The summed E-state index contributed by atoms with van der Waals surface area (Å²) in [6, 6.07) is 25.7. The number of para-hydroxylation sites is 1. The fourth-order valence-corrected chi connectivity index (χ4v) is 6.99. The van der Waals surface area contributed by atoms with Gasteiger partial charge in [0.1, 0.15) is 11.4 Å². The molecule has 0 N–H and O–H groups in total. The minimum atomic E-state index is -1.55. The molecule has 1 aliphatic rings. The molecule has 0 radical (unpaired) electrons. The van der Waals surface area contributed by atoms with Gasteiger partial charge in [-0.15, -0.1) is 11.8 Å². The number of esters is 4. The number of hydrogen-bond donors (Lipinski definition) is 0. The summed E-state index contributed by atoms with van der Waals surface area (Å²) in [4.78, 5) is 80.8. The van der Waals surface area contributed by atoms with E-state index in [-0.39, 0.29) is 6.54 Å². The van der Waals surface area contributed by atoms with Gasteiger partial charge in [-0.05, 0) is 23.3 Å². The van der Waals surface area contributed by atoms with Crippen LogP contribution in [-0.2, 0) is 54.2 Å². The molecule has 1 heterocycles. The summed E-state index contributed by atoms with van der Waals surface area (Å²) >= 11 is 1.09. The van der Waals surface area contributed by atoms with Gasteiger partial charge in [0.15, 0.2) is 18.3 Å². The molecule has 49 heavy (non-hydrogen) atoms. The Kier molecular flexibility index (Phi) is 12.2. The van der Waals surface area contributed by atoms with E-state index in [2.05, 4.69) is 0 Å². The second kappa shape index (κ2) is 16.3. The van der Waals surface area contributed by atoms with Crippen molar-refractivity contribution in [3.8, 4) is 0 Å². The van der Waals surface area contributed by atoms with Crippen molar-refractivity contribution < 1.29 is 47.7 Å². The van der Waals surface area contributed by atoms with Gasteiger partial charge in [-0.3, -0.25) is 24.0 Å². The minimum Gasteiger partial charge on any atom is -0.462 e. The molecule has 4 rings (SSSR count). The lowest BCUT2D eigenvalue weighted by molar-refractivity contribution is -0.189. The maximum absolute atomic E-state index is 15.1. The average Bonchev–Trinajstić information content (AvgIpc) is 3.82. The molecule has 0 aromatic heterocycles. The summed E-state index contributed by atoms with van der Waals surface area (Å²) in [5.41, 5.74) is 1.63. The third kappa shape index (κ3) is 9.05. The number of rotatable bonds is 13. The Labute approximate surface area is 288 Å². The zero-order valence-corrected chi connectivity index (χ0v) is 28.6. The molecule has 1 aliphatic heterocycles. The van der Waals surface area contributed by atoms with Crippen LogP contribution >= 0.6 is 11.8 Å². The molecular weight excluding hydrogens is 652 g/mol. The van der Waals surface area contributed by atoms with Crippen molar-refractivity contribution in [3.63, 3.8) is 0 Å². The lowest BCUT2D eigenvalue weighted by Gasteiger charge is -2.33. The van der Waals surface area contributed by atoms with E-state index in [1.165, 1.54) is 4.90 Å². The van der Waals surface area contributed by atoms with Crippen molar-refractivity contribution in [2.24, 2.45) is 0 Å². The molecule has 3 amide bonds. The highest BCUT2D eigenvalue weighted by Crippen LogP contribution is 2.65. The van der Waals surface area contributed by atoms with E-state index >= 15 is 4.79 Å². The first-order valence-electron chi connectivity index (χ1n) is 15.4. The number of nitrogens with zero attached hydrogens (tertiary/aromatic N) is 2. The van der Waals surface area contributed by atoms with Crippen LogP contribution in [0.4, 0.5) is 10.5 Å². The molecule has 5 atom stereocenters. The molecule has 1 fully saturated rings. The molecule has 0 aliphatic carbocycles. The molecule has 1 saturated heterocycles. The molecule has 3 aromatic carbocycles. The number of anilines is 1.